The van der Waals surface area contributed by atoms with Gasteiger partial charge in [-0.1, -0.05) is 48.5 Å². The van der Waals surface area contributed by atoms with Crippen molar-refractivity contribution >= 4 is 17.7 Å². The minimum absolute atomic E-state index is 0.0757. The zero-order valence-corrected chi connectivity index (χ0v) is 12.7. The number of hydrogen-bond donors (Lipinski definition) is 1. The third-order valence-corrected chi connectivity index (χ3v) is 4.93. The van der Waals surface area contributed by atoms with E-state index in [0.29, 0.717) is 11.3 Å². The Labute approximate surface area is 132 Å². The maximum Gasteiger partial charge on any atom is 0.233 e. The molecule has 1 heterocycles. The molecule has 1 amide bonds. The fraction of sp³-hybridized carbons (Fsp3) is 0.235. The number of nitrogens with zero attached hydrogens (tertiary/aromatic N) is 1. The van der Waals surface area contributed by atoms with Gasteiger partial charge in [0.2, 0.25) is 5.91 Å². The molecule has 2 aromatic carbocycles. The van der Waals surface area contributed by atoms with E-state index in [1.165, 1.54) is 17.8 Å². The van der Waals surface area contributed by atoms with Crippen molar-refractivity contribution in [2.45, 2.75) is 11.5 Å². The van der Waals surface area contributed by atoms with Crippen LogP contribution in [-0.4, -0.2) is 28.2 Å². The van der Waals surface area contributed by atoms with Gasteiger partial charge in [0.25, 0.3) is 0 Å². The Kier molecular flexibility index (Phi) is 4.45. The number of halogens is 1. The Hall–Kier alpha value is -1.85. The molecule has 1 aliphatic heterocycles. The van der Waals surface area contributed by atoms with Gasteiger partial charge in [0.1, 0.15) is 11.2 Å². The molecular weight excluding hydrogens is 301 g/mol. The molecule has 5 heteroatoms. The number of carbonyl (C=O) groups excluding carboxylic acids is 1. The lowest BCUT2D eigenvalue weighted by Gasteiger charge is -2.27. The molecule has 3 rings (SSSR count). The zero-order chi connectivity index (χ0) is 15.5. The second kappa shape index (κ2) is 6.50. The summed E-state index contributed by atoms with van der Waals surface area (Å²) in [5.41, 5.74) is 1.23. The first-order valence-corrected chi connectivity index (χ1v) is 8.10. The van der Waals surface area contributed by atoms with Crippen molar-refractivity contribution in [3.05, 3.63) is 71.5 Å². The van der Waals surface area contributed by atoms with Gasteiger partial charge in [-0.05, 0) is 11.6 Å². The Bertz CT molecular complexity index is 665. The van der Waals surface area contributed by atoms with E-state index >= 15 is 0 Å². The van der Waals surface area contributed by atoms with Gasteiger partial charge in [-0.25, -0.2) is 4.39 Å². The van der Waals surface area contributed by atoms with Crippen LogP contribution in [-0.2, 0) is 4.79 Å². The molecule has 0 bridgehead atoms. The minimum Gasteiger partial charge on any atom is -0.387 e. The quantitative estimate of drug-likeness (QED) is 0.942. The molecule has 1 N–H and O–H groups in total. The van der Waals surface area contributed by atoms with Gasteiger partial charge in [-0.2, -0.15) is 0 Å². The molecule has 2 aromatic rings. The van der Waals surface area contributed by atoms with Gasteiger partial charge >= 0.3 is 0 Å². The van der Waals surface area contributed by atoms with Crippen molar-refractivity contribution in [3.63, 3.8) is 0 Å². The van der Waals surface area contributed by atoms with Crippen molar-refractivity contribution in [1.82, 2.24) is 4.90 Å². The first kappa shape index (κ1) is 15.1. The summed E-state index contributed by atoms with van der Waals surface area (Å²) >= 11 is 1.39. The molecule has 114 valence electrons. The number of benzene rings is 2. The summed E-state index contributed by atoms with van der Waals surface area (Å²) in [6, 6.07) is 15.7. The fourth-order valence-corrected chi connectivity index (χ4v) is 3.77. The molecule has 0 saturated carbocycles. The molecular formula is C17H16FNO2S. The van der Waals surface area contributed by atoms with Crippen LogP contribution in [0.15, 0.2) is 54.6 Å². The third-order valence-electron chi connectivity index (χ3n) is 3.69. The van der Waals surface area contributed by atoms with E-state index in [2.05, 4.69) is 0 Å². The summed E-state index contributed by atoms with van der Waals surface area (Å²) in [4.78, 5) is 13.7. The van der Waals surface area contributed by atoms with Crippen LogP contribution in [0.3, 0.4) is 0 Å². The maximum atomic E-state index is 14.0. The third kappa shape index (κ3) is 3.00. The molecule has 2 atom stereocenters. The van der Waals surface area contributed by atoms with E-state index in [9.17, 15) is 14.3 Å². The number of thioether (sulfide) groups is 1. The largest absolute Gasteiger partial charge is 0.387 e. The number of aliphatic hydroxyl groups is 1. The predicted molar refractivity (Wildman–Crippen MR) is 84.7 cm³/mol. The van der Waals surface area contributed by atoms with Crippen LogP contribution < -0.4 is 0 Å². The molecule has 0 aliphatic carbocycles. The average Bonchev–Trinajstić information content (AvgIpc) is 2.90. The van der Waals surface area contributed by atoms with Crippen LogP contribution in [0.1, 0.15) is 22.6 Å². The highest BCUT2D eigenvalue weighted by molar-refractivity contribution is 8.00. The molecule has 0 aromatic heterocycles. The lowest BCUT2D eigenvalue weighted by molar-refractivity contribution is -0.129. The number of rotatable bonds is 4. The minimum atomic E-state index is -0.780. The first-order valence-electron chi connectivity index (χ1n) is 7.05. The smallest absolute Gasteiger partial charge is 0.233 e. The molecule has 0 radical (unpaired) electrons. The average molecular weight is 317 g/mol. The fourth-order valence-electron chi connectivity index (χ4n) is 2.55. The molecule has 1 fully saturated rings. The Morgan fingerprint density at radius 1 is 1.18 bits per heavy atom. The highest BCUT2D eigenvalue weighted by Crippen LogP contribution is 2.40. The summed E-state index contributed by atoms with van der Waals surface area (Å²) in [5, 5.41) is 9.95. The Morgan fingerprint density at radius 3 is 2.59 bits per heavy atom. The van der Waals surface area contributed by atoms with E-state index in [-0.39, 0.29) is 23.6 Å². The topological polar surface area (TPSA) is 40.5 Å². The van der Waals surface area contributed by atoms with Crippen LogP contribution in [0.2, 0.25) is 0 Å². The second-order valence-electron chi connectivity index (χ2n) is 5.16. The summed E-state index contributed by atoms with van der Waals surface area (Å²) < 4.78 is 14.0. The summed E-state index contributed by atoms with van der Waals surface area (Å²) in [5.74, 6) is -0.0947. The van der Waals surface area contributed by atoms with Crippen LogP contribution in [0.4, 0.5) is 4.39 Å². The van der Waals surface area contributed by atoms with Gasteiger partial charge in [-0.15, -0.1) is 11.8 Å². The SMILES string of the molecule is O=C1CS[C@H](c2ccccc2F)N1C[C@@H](O)c1ccccc1. The molecule has 22 heavy (non-hydrogen) atoms. The van der Waals surface area contributed by atoms with E-state index in [4.69, 9.17) is 0 Å². The van der Waals surface area contributed by atoms with E-state index in [1.807, 2.05) is 30.3 Å². The van der Waals surface area contributed by atoms with E-state index in [0.717, 1.165) is 5.56 Å². The van der Waals surface area contributed by atoms with Crippen molar-refractivity contribution < 1.29 is 14.3 Å². The maximum absolute atomic E-state index is 14.0. The van der Waals surface area contributed by atoms with Crippen LogP contribution in [0.25, 0.3) is 0 Å². The zero-order valence-electron chi connectivity index (χ0n) is 11.9. The molecule has 1 aliphatic rings. The molecule has 3 nitrogen and oxygen atoms in total. The van der Waals surface area contributed by atoms with Crippen molar-refractivity contribution in [1.29, 1.82) is 0 Å². The van der Waals surface area contributed by atoms with Gasteiger partial charge in [-0.3, -0.25) is 4.79 Å². The second-order valence-corrected chi connectivity index (χ2v) is 6.23. The number of aliphatic hydroxyl groups excluding tert-OH is 1. The number of hydrogen-bond acceptors (Lipinski definition) is 3. The highest BCUT2D eigenvalue weighted by Gasteiger charge is 2.35. The highest BCUT2D eigenvalue weighted by atomic mass is 32.2. The van der Waals surface area contributed by atoms with Gasteiger partial charge < -0.3 is 10.0 Å². The Balaban J connectivity index is 1.81. The van der Waals surface area contributed by atoms with Crippen molar-refractivity contribution in [2.75, 3.05) is 12.3 Å². The van der Waals surface area contributed by atoms with Gasteiger partial charge in [0, 0.05) is 5.56 Å². The van der Waals surface area contributed by atoms with Crippen LogP contribution in [0, 0.1) is 5.82 Å². The number of β-amino-alcohol motifs (C(OH)–C–C–N with tert-alkyl or cyclic N) is 1. The Morgan fingerprint density at radius 2 is 1.86 bits per heavy atom. The number of carbonyl (C=O) groups is 1. The lowest BCUT2D eigenvalue weighted by Crippen LogP contribution is -2.32. The summed E-state index contributed by atoms with van der Waals surface area (Å²) in [7, 11) is 0. The van der Waals surface area contributed by atoms with Gasteiger partial charge in [0.15, 0.2) is 0 Å². The monoisotopic (exact) mass is 317 g/mol. The van der Waals surface area contributed by atoms with E-state index < -0.39 is 6.10 Å². The lowest BCUT2D eigenvalue weighted by atomic mass is 10.1. The summed E-state index contributed by atoms with van der Waals surface area (Å²) in [6.07, 6.45) is -0.780. The van der Waals surface area contributed by atoms with Crippen LogP contribution >= 0.6 is 11.8 Å². The standard InChI is InChI=1S/C17H16FNO2S/c18-14-9-5-4-8-13(14)17-19(16(21)11-22-17)10-15(20)12-6-2-1-3-7-12/h1-9,15,17,20H,10-11H2/t15-,17-/m1/s1. The normalized spacial score (nSPS) is 19.5. The predicted octanol–water partition coefficient (Wildman–Crippen LogP) is 3.13. The number of amides is 1. The molecule has 0 unspecified atom stereocenters. The van der Waals surface area contributed by atoms with Crippen molar-refractivity contribution in [2.24, 2.45) is 0 Å². The van der Waals surface area contributed by atoms with Gasteiger partial charge in [0.05, 0.1) is 18.4 Å². The van der Waals surface area contributed by atoms with E-state index in [1.54, 1.807) is 23.1 Å². The summed E-state index contributed by atoms with van der Waals surface area (Å²) in [6.45, 7) is 0.162. The molecule has 1 saturated heterocycles. The first-order chi connectivity index (χ1) is 10.7. The van der Waals surface area contributed by atoms with Crippen LogP contribution in [0.5, 0.6) is 0 Å². The van der Waals surface area contributed by atoms with Crippen molar-refractivity contribution in [3.8, 4) is 0 Å². The molecule has 0 spiro atoms.